The predicted molar refractivity (Wildman–Crippen MR) is 113 cm³/mol. The molecule has 3 aromatic rings. The van der Waals surface area contributed by atoms with Crippen LogP contribution in [0.5, 0.6) is 0 Å². The highest BCUT2D eigenvalue weighted by molar-refractivity contribution is 6.33. The van der Waals surface area contributed by atoms with Crippen molar-refractivity contribution < 1.29 is 4.39 Å². The molecule has 0 radical (unpaired) electrons. The average molecular weight is 399 g/mol. The topological polar surface area (TPSA) is 63.8 Å². The fourth-order valence-electron chi connectivity index (χ4n) is 3.00. The Morgan fingerprint density at radius 3 is 2.75 bits per heavy atom. The van der Waals surface area contributed by atoms with E-state index in [0.717, 1.165) is 60.3 Å². The molecule has 2 heterocycles. The smallest absolute Gasteiger partial charge is 0.123 e. The zero-order chi connectivity index (χ0) is 19.8. The Morgan fingerprint density at radius 1 is 1.04 bits per heavy atom. The SMILES string of the molecule is NCCCCCc1cc(-c2cncc(NCc3cccc(F)c3)c2)c(Cl)cn1. The first-order valence-electron chi connectivity index (χ1n) is 9.44. The second kappa shape index (κ2) is 10.2. The van der Waals surface area contributed by atoms with E-state index in [4.69, 9.17) is 17.3 Å². The van der Waals surface area contributed by atoms with Gasteiger partial charge in [0.15, 0.2) is 0 Å². The highest BCUT2D eigenvalue weighted by Gasteiger charge is 2.08. The van der Waals surface area contributed by atoms with Crippen molar-refractivity contribution >= 4 is 17.3 Å². The first kappa shape index (κ1) is 20.2. The van der Waals surface area contributed by atoms with E-state index >= 15 is 0 Å². The van der Waals surface area contributed by atoms with Crippen LogP contribution >= 0.6 is 11.6 Å². The third-order valence-corrected chi connectivity index (χ3v) is 4.79. The number of halogens is 2. The molecule has 0 aliphatic heterocycles. The van der Waals surface area contributed by atoms with Gasteiger partial charge in [-0.3, -0.25) is 9.97 Å². The molecule has 0 saturated carbocycles. The summed E-state index contributed by atoms with van der Waals surface area (Å²) in [6.45, 7) is 1.24. The van der Waals surface area contributed by atoms with Crippen molar-refractivity contribution in [3.05, 3.63) is 77.1 Å². The van der Waals surface area contributed by atoms with Crippen LogP contribution in [0.2, 0.25) is 5.02 Å². The van der Waals surface area contributed by atoms with Crippen molar-refractivity contribution in [1.82, 2.24) is 9.97 Å². The van der Waals surface area contributed by atoms with Crippen molar-refractivity contribution in [1.29, 1.82) is 0 Å². The highest BCUT2D eigenvalue weighted by Crippen LogP contribution is 2.29. The van der Waals surface area contributed by atoms with Crippen molar-refractivity contribution in [2.45, 2.75) is 32.2 Å². The monoisotopic (exact) mass is 398 g/mol. The van der Waals surface area contributed by atoms with E-state index in [2.05, 4.69) is 15.3 Å². The number of rotatable bonds is 9. The molecule has 0 aliphatic rings. The molecular formula is C22H24ClFN4. The molecule has 0 saturated heterocycles. The standard InChI is InChI=1S/C22H24ClFN4/c23-22-15-28-19(7-2-1-3-8-25)11-21(22)17-10-20(14-26-13-17)27-12-16-5-4-6-18(24)9-16/h4-6,9-11,13-15,27H,1-3,7-8,12,25H2. The van der Waals surface area contributed by atoms with Crippen LogP contribution in [0.15, 0.2) is 55.0 Å². The number of benzene rings is 1. The van der Waals surface area contributed by atoms with Crippen molar-refractivity contribution in [2.24, 2.45) is 5.73 Å². The second-order valence-corrected chi connectivity index (χ2v) is 7.11. The lowest BCUT2D eigenvalue weighted by Crippen LogP contribution is -2.01. The first-order valence-corrected chi connectivity index (χ1v) is 9.82. The average Bonchev–Trinajstić information content (AvgIpc) is 2.71. The summed E-state index contributed by atoms with van der Waals surface area (Å²) < 4.78 is 13.3. The van der Waals surface area contributed by atoms with Gasteiger partial charge in [0, 0.05) is 42.0 Å². The Labute approximate surface area is 170 Å². The van der Waals surface area contributed by atoms with Gasteiger partial charge in [-0.2, -0.15) is 0 Å². The quantitative estimate of drug-likeness (QED) is 0.485. The number of nitrogens with one attached hydrogen (secondary N) is 1. The van der Waals surface area contributed by atoms with Crippen LogP contribution in [0.4, 0.5) is 10.1 Å². The van der Waals surface area contributed by atoms with Crippen LogP contribution in [-0.4, -0.2) is 16.5 Å². The fraction of sp³-hybridized carbons (Fsp3) is 0.273. The van der Waals surface area contributed by atoms with Gasteiger partial charge in [0.25, 0.3) is 0 Å². The number of nitrogens with zero attached hydrogens (tertiary/aromatic N) is 2. The summed E-state index contributed by atoms with van der Waals surface area (Å²) in [5.41, 5.74) is 10.1. The maximum absolute atomic E-state index is 13.3. The first-order chi connectivity index (χ1) is 13.7. The molecule has 0 amide bonds. The number of anilines is 1. The summed E-state index contributed by atoms with van der Waals surface area (Å²) in [5, 5.41) is 3.87. The normalized spacial score (nSPS) is 10.8. The Kier molecular flexibility index (Phi) is 7.34. The van der Waals surface area contributed by atoms with Gasteiger partial charge in [-0.05, 0) is 55.6 Å². The molecule has 3 rings (SSSR count). The Morgan fingerprint density at radius 2 is 1.93 bits per heavy atom. The lowest BCUT2D eigenvalue weighted by molar-refractivity contribution is 0.626. The van der Waals surface area contributed by atoms with Gasteiger partial charge in [-0.15, -0.1) is 0 Å². The summed E-state index contributed by atoms with van der Waals surface area (Å²) in [6, 6.07) is 10.5. The largest absolute Gasteiger partial charge is 0.380 e. The molecule has 0 aliphatic carbocycles. The molecule has 0 atom stereocenters. The molecule has 3 N–H and O–H groups in total. The number of nitrogens with two attached hydrogens (primary N) is 1. The third-order valence-electron chi connectivity index (χ3n) is 4.48. The minimum atomic E-state index is -0.242. The van der Waals surface area contributed by atoms with E-state index < -0.39 is 0 Å². The number of aryl methyl sites for hydroxylation is 1. The number of pyridine rings is 2. The lowest BCUT2D eigenvalue weighted by Gasteiger charge is -2.10. The van der Waals surface area contributed by atoms with Gasteiger partial charge in [-0.1, -0.05) is 30.2 Å². The lowest BCUT2D eigenvalue weighted by atomic mass is 10.1. The van der Waals surface area contributed by atoms with Crippen LogP contribution < -0.4 is 11.1 Å². The molecule has 0 spiro atoms. The minimum Gasteiger partial charge on any atom is -0.380 e. The third kappa shape index (κ3) is 5.75. The number of hydrogen-bond donors (Lipinski definition) is 2. The van der Waals surface area contributed by atoms with Crippen LogP contribution in [0, 0.1) is 5.82 Å². The van der Waals surface area contributed by atoms with E-state index in [1.165, 1.54) is 12.1 Å². The minimum absolute atomic E-state index is 0.242. The maximum atomic E-state index is 13.3. The van der Waals surface area contributed by atoms with Gasteiger partial charge in [0.05, 0.1) is 10.7 Å². The van der Waals surface area contributed by atoms with E-state index in [1.54, 1.807) is 24.7 Å². The molecular weight excluding hydrogens is 375 g/mol. The summed E-state index contributed by atoms with van der Waals surface area (Å²) in [6.07, 6.45) is 9.30. The van der Waals surface area contributed by atoms with Crippen LogP contribution in [-0.2, 0) is 13.0 Å². The van der Waals surface area contributed by atoms with Crippen LogP contribution in [0.1, 0.15) is 30.5 Å². The molecule has 1 aromatic carbocycles. The Bertz CT molecular complexity index is 917. The zero-order valence-electron chi connectivity index (χ0n) is 15.7. The van der Waals surface area contributed by atoms with Crippen molar-refractivity contribution in [2.75, 3.05) is 11.9 Å². The summed E-state index contributed by atoms with van der Waals surface area (Å²) in [5.74, 6) is -0.242. The van der Waals surface area contributed by atoms with Gasteiger partial charge in [0.1, 0.15) is 5.82 Å². The zero-order valence-corrected chi connectivity index (χ0v) is 16.4. The Balaban J connectivity index is 1.72. The molecule has 0 fully saturated rings. The molecule has 28 heavy (non-hydrogen) atoms. The second-order valence-electron chi connectivity index (χ2n) is 6.70. The van der Waals surface area contributed by atoms with Crippen LogP contribution in [0.25, 0.3) is 11.1 Å². The van der Waals surface area contributed by atoms with Crippen LogP contribution in [0.3, 0.4) is 0 Å². The van der Waals surface area contributed by atoms with E-state index in [0.29, 0.717) is 11.6 Å². The number of aromatic nitrogens is 2. The van der Waals surface area contributed by atoms with E-state index in [-0.39, 0.29) is 5.82 Å². The van der Waals surface area contributed by atoms with Gasteiger partial charge in [0.2, 0.25) is 0 Å². The van der Waals surface area contributed by atoms with E-state index in [1.807, 2.05) is 18.2 Å². The highest BCUT2D eigenvalue weighted by atomic mass is 35.5. The Hall–Kier alpha value is -2.50. The maximum Gasteiger partial charge on any atom is 0.123 e. The summed E-state index contributed by atoms with van der Waals surface area (Å²) >= 11 is 6.39. The van der Waals surface area contributed by atoms with Crippen molar-refractivity contribution in [3.8, 4) is 11.1 Å². The van der Waals surface area contributed by atoms with Gasteiger partial charge >= 0.3 is 0 Å². The van der Waals surface area contributed by atoms with Gasteiger partial charge in [-0.25, -0.2) is 4.39 Å². The fourth-order valence-corrected chi connectivity index (χ4v) is 3.21. The van der Waals surface area contributed by atoms with E-state index in [9.17, 15) is 4.39 Å². The molecule has 0 unspecified atom stereocenters. The van der Waals surface area contributed by atoms with Crippen molar-refractivity contribution in [3.63, 3.8) is 0 Å². The molecule has 0 bridgehead atoms. The summed E-state index contributed by atoms with van der Waals surface area (Å²) in [4.78, 5) is 8.75. The molecule has 6 heteroatoms. The molecule has 146 valence electrons. The molecule has 4 nitrogen and oxygen atoms in total. The number of hydrogen-bond acceptors (Lipinski definition) is 4. The molecule has 2 aromatic heterocycles. The summed E-state index contributed by atoms with van der Waals surface area (Å²) in [7, 11) is 0. The van der Waals surface area contributed by atoms with Gasteiger partial charge < -0.3 is 11.1 Å². The number of unbranched alkanes of at least 4 members (excludes halogenated alkanes) is 2. The predicted octanol–water partition coefficient (Wildman–Crippen LogP) is 5.22.